The molecule has 2 aromatic heterocycles. The molecule has 0 saturated heterocycles. The number of hydrogen-bond acceptors (Lipinski definition) is 5. The minimum Gasteiger partial charge on any atom is -0.338 e. The highest BCUT2D eigenvalue weighted by Gasteiger charge is 2.16. The summed E-state index contributed by atoms with van der Waals surface area (Å²) in [4.78, 5) is 4.51. The summed E-state index contributed by atoms with van der Waals surface area (Å²) in [6, 6.07) is 10.1. The molecule has 1 unspecified atom stereocenters. The van der Waals surface area contributed by atoms with Gasteiger partial charge in [-0.3, -0.25) is 4.68 Å². The monoisotopic (exact) mass is 325 g/mol. The molecule has 1 aromatic carbocycles. The molecule has 24 heavy (non-hydrogen) atoms. The molecule has 3 aromatic rings. The molecule has 0 amide bonds. The van der Waals surface area contributed by atoms with E-state index in [1.165, 1.54) is 16.8 Å². The lowest BCUT2D eigenvalue weighted by Crippen LogP contribution is -2.19. The molecule has 6 heteroatoms. The third-order valence-corrected chi connectivity index (χ3v) is 4.30. The van der Waals surface area contributed by atoms with Crippen LogP contribution >= 0.6 is 0 Å². The van der Waals surface area contributed by atoms with E-state index in [0.717, 1.165) is 12.2 Å². The van der Waals surface area contributed by atoms with Crippen molar-refractivity contribution >= 4 is 0 Å². The average molecular weight is 325 g/mol. The quantitative estimate of drug-likeness (QED) is 0.755. The first-order valence-electron chi connectivity index (χ1n) is 8.13. The van der Waals surface area contributed by atoms with Gasteiger partial charge in [0.15, 0.2) is 5.82 Å². The molecule has 6 nitrogen and oxygen atoms in total. The maximum absolute atomic E-state index is 5.41. The summed E-state index contributed by atoms with van der Waals surface area (Å²) in [6.07, 6.45) is 0.678. The van der Waals surface area contributed by atoms with E-state index < -0.39 is 0 Å². The number of benzene rings is 1. The number of rotatable bonds is 6. The molecule has 0 aliphatic heterocycles. The van der Waals surface area contributed by atoms with Gasteiger partial charge in [0.2, 0.25) is 5.89 Å². The van der Waals surface area contributed by atoms with Crippen LogP contribution in [0.25, 0.3) is 0 Å². The first-order chi connectivity index (χ1) is 11.5. The van der Waals surface area contributed by atoms with Gasteiger partial charge >= 0.3 is 0 Å². The van der Waals surface area contributed by atoms with Gasteiger partial charge in [-0.2, -0.15) is 10.1 Å². The lowest BCUT2D eigenvalue weighted by molar-refractivity contribution is 0.336. The molecule has 0 aliphatic rings. The Kier molecular flexibility index (Phi) is 4.76. The Labute approximate surface area is 141 Å². The number of nitrogens with one attached hydrogen (secondary N) is 1. The predicted molar refractivity (Wildman–Crippen MR) is 91.5 cm³/mol. The predicted octanol–water partition coefficient (Wildman–Crippen LogP) is 2.86. The lowest BCUT2D eigenvalue weighted by Gasteiger charge is -2.09. The Bertz CT molecular complexity index is 806. The molecule has 0 radical (unpaired) electrons. The molecule has 1 N–H and O–H groups in total. The van der Waals surface area contributed by atoms with Crippen molar-refractivity contribution in [1.82, 2.24) is 25.2 Å². The number of hydrogen-bond donors (Lipinski definition) is 1. The van der Waals surface area contributed by atoms with Gasteiger partial charge in [0.25, 0.3) is 0 Å². The average Bonchev–Trinajstić information content (AvgIpc) is 3.12. The second-order valence-electron chi connectivity index (χ2n) is 6.09. The fourth-order valence-corrected chi connectivity index (χ4v) is 2.71. The molecule has 0 fully saturated rings. The van der Waals surface area contributed by atoms with Crippen LogP contribution in [0.2, 0.25) is 0 Å². The van der Waals surface area contributed by atoms with Crippen LogP contribution in [-0.4, -0.2) is 19.9 Å². The molecule has 126 valence electrons. The number of aromatic nitrogens is 4. The summed E-state index contributed by atoms with van der Waals surface area (Å²) >= 11 is 0. The summed E-state index contributed by atoms with van der Waals surface area (Å²) in [6.45, 7) is 6.86. The Morgan fingerprint density at radius 3 is 2.62 bits per heavy atom. The van der Waals surface area contributed by atoms with E-state index in [9.17, 15) is 0 Å². The molecular formula is C18H23N5O. The maximum atomic E-state index is 5.41. The van der Waals surface area contributed by atoms with Crippen molar-refractivity contribution < 1.29 is 4.52 Å². The van der Waals surface area contributed by atoms with Gasteiger partial charge in [0, 0.05) is 31.3 Å². The van der Waals surface area contributed by atoms with Gasteiger partial charge in [0.05, 0.1) is 11.7 Å². The molecule has 1 atom stereocenters. The van der Waals surface area contributed by atoms with Gasteiger partial charge in [0.1, 0.15) is 0 Å². The summed E-state index contributed by atoms with van der Waals surface area (Å²) in [5.74, 6) is 1.32. The highest BCUT2D eigenvalue weighted by Crippen LogP contribution is 2.16. The van der Waals surface area contributed by atoms with Crippen LogP contribution in [0.3, 0.4) is 0 Å². The Morgan fingerprint density at radius 1 is 1.21 bits per heavy atom. The van der Waals surface area contributed by atoms with Crippen LogP contribution in [0, 0.1) is 13.8 Å². The van der Waals surface area contributed by atoms with Gasteiger partial charge in [-0.05, 0) is 26.3 Å². The molecule has 3 rings (SSSR count). The third-order valence-electron chi connectivity index (χ3n) is 4.30. The van der Waals surface area contributed by atoms with Crippen molar-refractivity contribution in [3.05, 3.63) is 64.6 Å². The van der Waals surface area contributed by atoms with E-state index in [1.54, 1.807) is 0 Å². The second-order valence-corrected chi connectivity index (χ2v) is 6.09. The molecule has 0 spiro atoms. The Morgan fingerprint density at radius 2 is 1.96 bits per heavy atom. The largest absolute Gasteiger partial charge is 0.338 e. The molecule has 0 bridgehead atoms. The van der Waals surface area contributed by atoms with Gasteiger partial charge in [-0.15, -0.1) is 0 Å². The first-order valence-corrected chi connectivity index (χ1v) is 8.13. The molecule has 0 saturated carbocycles. The van der Waals surface area contributed by atoms with E-state index in [0.29, 0.717) is 18.1 Å². The normalized spacial score (nSPS) is 12.5. The van der Waals surface area contributed by atoms with Crippen LogP contribution in [-0.2, 0) is 20.0 Å². The Balaban J connectivity index is 1.62. The summed E-state index contributed by atoms with van der Waals surface area (Å²) < 4.78 is 7.31. The zero-order chi connectivity index (χ0) is 17.1. The standard InChI is InChI=1S/C18H23N5O/c1-12-16(14(3)23(4)21-12)11-19-13(2)18-20-17(22-24-18)10-15-8-6-5-7-9-15/h5-9,13,19H,10-11H2,1-4H3. The van der Waals surface area contributed by atoms with Crippen molar-refractivity contribution in [2.45, 2.75) is 39.8 Å². The van der Waals surface area contributed by atoms with Gasteiger partial charge < -0.3 is 9.84 Å². The van der Waals surface area contributed by atoms with Crippen molar-refractivity contribution in [3.63, 3.8) is 0 Å². The molecular weight excluding hydrogens is 302 g/mol. The van der Waals surface area contributed by atoms with E-state index in [-0.39, 0.29) is 6.04 Å². The summed E-state index contributed by atoms with van der Waals surface area (Å²) in [7, 11) is 1.96. The van der Waals surface area contributed by atoms with Crippen molar-refractivity contribution in [3.8, 4) is 0 Å². The minimum absolute atomic E-state index is 0.0129. The van der Waals surface area contributed by atoms with Crippen LogP contribution in [0.5, 0.6) is 0 Å². The summed E-state index contributed by atoms with van der Waals surface area (Å²) in [5.41, 5.74) is 4.60. The second kappa shape index (κ2) is 6.97. The Hall–Kier alpha value is -2.47. The zero-order valence-corrected chi connectivity index (χ0v) is 14.6. The maximum Gasteiger partial charge on any atom is 0.243 e. The van der Waals surface area contributed by atoms with Crippen LogP contribution in [0.1, 0.15) is 47.2 Å². The third kappa shape index (κ3) is 3.54. The van der Waals surface area contributed by atoms with Crippen molar-refractivity contribution in [1.29, 1.82) is 0 Å². The van der Waals surface area contributed by atoms with Crippen LogP contribution in [0.4, 0.5) is 0 Å². The first kappa shape index (κ1) is 16.4. The highest BCUT2D eigenvalue weighted by atomic mass is 16.5. The number of aryl methyl sites for hydroxylation is 2. The minimum atomic E-state index is -0.0129. The highest BCUT2D eigenvalue weighted by molar-refractivity contribution is 5.24. The fourth-order valence-electron chi connectivity index (χ4n) is 2.71. The van der Waals surface area contributed by atoms with Crippen LogP contribution < -0.4 is 5.32 Å². The van der Waals surface area contributed by atoms with E-state index in [2.05, 4.69) is 39.6 Å². The van der Waals surface area contributed by atoms with E-state index >= 15 is 0 Å². The fraction of sp³-hybridized carbons (Fsp3) is 0.389. The van der Waals surface area contributed by atoms with Crippen molar-refractivity contribution in [2.75, 3.05) is 0 Å². The van der Waals surface area contributed by atoms with Gasteiger partial charge in [-0.25, -0.2) is 0 Å². The van der Waals surface area contributed by atoms with Crippen molar-refractivity contribution in [2.24, 2.45) is 7.05 Å². The SMILES string of the molecule is Cc1nn(C)c(C)c1CNC(C)c1nc(Cc2ccccc2)no1. The van der Waals surface area contributed by atoms with E-state index in [1.807, 2.05) is 43.8 Å². The zero-order valence-electron chi connectivity index (χ0n) is 14.6. The molecule has 0 aliphatic carbocycles. The van der Waals surface area contributed by atoms with Crippen LogP contribution in [0.15, 0.2) is 34.9 Å². The van der Waals surface area contributed by atoms with E-state index in [4.69, 9.17) is 4.52 Å². The lowest BCUT2D eigenvalue weighted by atomic mass is 10.1. The molecule has 2 heterocycles. The number of nitrogens with zero attached hydrogens (tertiary/aromatic N) is 4. The summed E-state index contributed by atoms with van der Waals surface area (Å²) in [5, 5.41) is 12.0. The topological polar surface area (TPSA) is 68.8 Å². The van der Waals surface area contributed by atoms with Gasteiger partial charge in [-0.1, -0.05) is 35.5 Å². The smallest absolute Gasteiger partial charge is 0.243 e.